The number of carboxylic acids is 1. The number of benzene rings is 3. The molecule has 1 fully saturated rings. The topological polar surface area (TPSA) is 85.3 Å². The van der Waals surface area contributed by atoms with E-state index in [1.54, 1.807) is 49.5 Å². The van der Waals surface area contributed by atoms with Crippen LogP contribution in [-0.2, 0) is 17.9 Å². The van der Waals surface area contributed by atoms with Crippen molar-refractivity contribution in [3.05, 3.63) is 93.9 Å². The lowest BCUT2D eigenvalue weighted by atomic mass is 10.1. The van der Waals surface area contributed by atoms with Crippen LogP contribution >= 0.6 is 24.0 Å². The van der Waals surface area contributed by atoms with E-state index in [-0.39, 0.29) is 18.1 Å². The number of aromatic carboxylic acids is 1. The van der Waals surface area contributed by atoms with Gasteiger partial charge in [-0.1, -0.05) is 54.3 Å². The zero-order chi connectivity index (χ0) is 25.7. The van der Waals surface area contributed by atoms with E-state index in [0.717, 1.165) is 22.4 Å². The highest BCUT2D eigenvalue weighted by molar-refractivity contribution is 8.26. The highest BCUT2D eigenvalue weighted by Gasteiger charge is 2.32. The Morgan fingerprint density at radius 1 is 0.972 bits per heavy atom. The van der Waals surface area contributed by atoms with Gasteiger partial charge in [-0.05, 0) is 59.2 Å². The van der Waals surface area contributed by atoms with Gasteiger partial charge >= 0.3 is 5.97 Å². The third-order valence-corrected chi connectivity index (χ3v) is 6.83. The van der Waals surface area contributed by atoms with E-state index in [1.807, 2.05) is 30.3 Å². The van der Waals surface area contributed by atoms with Crippen LogP contribution in [0.15, 0.2) is 71.6 Å². The largest absolute Gasteiger partial charge is 0.497 e. The van der Waals surface area contributed by atoms with Crippen molar-refractivity contribution in [2.75, 3.05) is 14.2 Å². The van der Waals surface area contributed by atoms with E-state index in [0.29, 0.717) is 27.3 Å². The molecule has 1 amide bonds. The molecule has 0 aromatic heterocycles. The van der Waals surface area contributed by atoms with Gasteiger partial charge in [0.1, 0.15) is 16.7 Å². The summed E-state index contributed by atoms with van der Waals surface area (Å²) < 4.78 is 17.0. The second-order valence-corrected chi connectivity index (χ2v) is 9.49. The van der Waals surface area contributed by atoms with Gasteiger partial charge in [0.15, 0.2) is 11.5 Å². The summed E-state index contributed by atoms with van der Waals surface area (Å²) in [6.07, 6.45) is 1.78. The monoisotopic (exact) mass is 521 g/mol. The second-order valence-electron chi connectivity index (χ2n) is 7.82. The van der Waals surface area contributed by atoms with Gasteiger partial charge in [-0.15, -0.1) is 0 Å². The van der Waals surface area contributed by atoms with Gasteiger partial charge in [0.2, 0.25) is 0 Å². The molecule has 3 aromatic carbocycles. The molecule has 0 unspecified atom stereocenters. The smallest absolute Gasteiger partial charge is 0.335 e. The molecule has 3 aromatic rings. The summed E-state index contributed by atoms with van der Waals surface area (Å²) >= 11 is 6.72. The Balaban J connectivity index is 1.44. The number of amides is 1. The molecule has 7 nitrogen and oxygen atoms in total. The fraction of sp³-hybridized carbons (Fsp3) is 0.148. The number of thioether (sulfide) groups is 1. The molecule has 0 aliphatic carbocycles. The molecule has 0 saturated carbocycles. The number of carbonyl (C=O) groups excluding carboxylic acids is 1. The van der Waals surface area contributed by atoms with Crippen LogP contribution in [-0.4, -0.2) is 40.4 Å². The summed E-state index contributed by atoms with van der Waals surface area (Å²) in [5, 5.41) is 9.02. The average Bonchev–Trinajstić information content (AvgIpc) is 3.15. The van der Waals surface area contributed by atoms with Gasteiger partial charge in [-0.2, -0.15) is 0 Å². The predicted molar refractivity (Wildman–Crippen MR) is 142 cm³/mol. The first kappa shape index (κ1) is 25.3. The van der Waals surface area contributed by atoms with Gasteiger partial charge in [0.25, 0.3) is 5.91 Å². The normalized spacial score (nSPS) is 14.3. The first-order valence-electron chi connectivity index (χ1n) is 10.9. The van der Waals surface area contributed by atoms with Crippen molar-refractivity contribution in [2.24, 2.45) is 0 Å². The van der Waals surface area contributed by atoms with Crippen molar-refractivity contribution in [3.8, 4) is 17.2 Å². The Hall–Kier alpha value is -3.82. The number of rotatable bonds is 9. The lowest BCUT2D eigenvalue weighted by Gasteiger charge is -2.14. The van der Waals surface area contributed by atoms with Crippen LogP contribution in [0.3, 0.4) is 0 Å². The molecule has 1 heterocycles. The maximum atomic E-state index is 13.0. The number of carbonyl (C=O) groups is 2. The number of carboxylic acid groups (broad SMARTS) is 1. The molecule has 36 heavy (non-hydrogen) atoms. The van der Waals surface area contributed by atoms with Crippen LogP contribution in [0.25, 0.3) is 6.08 Å². The third-order valence-electron chi connectivity index (χ3n) is 5.45. The molecule has 1 aliphatic rings. The molecule has 0 spiro atoms. The number of hydrogen-bond donors (Lipinski definition) is 1. The zero-order valence-electron chi connectivity index (χ0n) is 19.6. The molecule has 0 bridgehead atoms. The zero-order valence-corrected chi connectivity index (χ0v) is 21.2. The number of methoxy groups -OCH3 is 2. The molecule has 9 heteroatoms. The summed E-state index contributed by atoms with van der Waals surface area (Å²) in [4.78, 5) is 26.1. The van der Waals surface area contributed by atoms with Crippen molar-refractivity contribution >= 4 is 46.3 Å². The summed E-state index contributed by atoms with van der Waals surface area (Å²) in [5.74, 6) is 0.674. The lowest BCUT2D eigenvalue weighted by Crippen LogP contribution is -2.27. The molecular formula is C27H23NO6S2. The van der Waals surface area contributed by atoms with Crippen LogP contribution in [0.1, 0.15) is 27.0 Å². The molecule has 1 aliphatic heterocycles. The minimum Gasteiger partial charge on any atom is -0.497 e. The van der Waals surface area contributed by atoms with Crippen molar-refractivity contribution in [3.63, 3.8) is 0 Å². The maximum Gasteiger partial charge on any atom is 0.335 e. The standard InChI is InChI=1S/C27H23NO6S2/c1-32-21-10-5-17(6-11-21)15-28-25(29)24(36-27(28)35)14-19-7-12-22(23(13-19)33-2)34-16-18-3-8-20(9-4-18)26(30)31/h3-14H,15-16H2,1-2H3,(H,30,31). The van der Waals surface area contributed by atoms with Crippen LogP contribution < -0.4 is 14.2 Å². The molecule has 1 saturated heterocycles. The highest BCUT2D eigenvalue weighted by atomic mass is 32.2. The van der Waals surface area contributed by atoms with Crippen molar-refractivity contribution in [1.82, 2.24) is 4.90 Å². The minimum absolute atomic E-state index is 0.148. The van der Waals surface area contributed by atoms with Crippen LogP contribution in [0.5, 0.6) is 17.2 Å². The number of thiocarbonyl (C=S) groups is 1. The molecule has 0 radical (unpaired) electrons. The van der Waals surface area contributed by atoms with Crippen molar-refractivity contribution in [1.29, 1.82) is 0 Å². The predicted octanol–water partition coefficient (Wildman–Crippen LogP) is 5.38. The van der Waals surface area contributed by atoms with E-state index in [9.17, 15) is 9.59 Å². The fourth-order valence-corrected chi connectivity index (χ4v) is 4.75. The van der Waals surface area contributed by atoms with E-state index >= 15 is 0 Å². The van der Waals surface area contributed by atoms with Gasteiger partial charge in [-0.3, -0.25) is 9.69 Å². The van der Waals surface area contributed by atoms with Gasteiger partial charge in [-0.25, -0.2) is 4.79 Å². The highest BCUT2D eigenvalue weighted by Crippen LogP contribution is 2.36. The first-order chi connectivity index (χ1) is 17.4. The summed E-state index contributed by atoms with van der Waals surface area (Å²) in [6, 6.07) is 19.4. The number of nitrogens with zero attached hydrogens (tertiary/aromatic N) is 1. The lowest BCUT2D eigenvalue weighted by molar-refractivity contribution is -0.122. The van der Waals surface area contributed by atoms with E-state index < -0.39 is 5.97 Å². The first-order valence-corrected chi connectivity index (χ1v) is 12.1. The summed E-state index contributed by atoms with van der Waals surface area (Å²) in [5.41, 5.74) is 2.77. The summed E-state index contributed by atoms with van der Waals surface area (Å²) in [6.45, 7) is 0.634. The van der Waals surface area contributed by atoms with E-state index in [4.69, 9.17) is 31.5 Å². The second kappa shape index (κ2) is 11.3. The van der Waals surface area contributed by atoms with E-state index in [1.165, 1.54) is 23.9 Å². The van der Waals surface area contributed by atoms with Crippen LogP contribution in [0.4, 0.5) is 0 Å². The third kappa shape index (κ3) is 5.87. The van der Waals surface area contributed by atoms with Crippen molar-refractivity contribution < 1.29 is 28.9 Å². The molecule has 0 atom stereocenters. The molecule has 4 rings (SSSR count). The maximum absolute atomic E-state index is 13.0. The van der Waals surface area contributed by atoms with Crippen LogP contribution in [0, 0.1) is 0 Å². The van der Waals surface area contributed by atoms with E-state index in [2.05, 4.69) is 0 Å². The number of hydrogen-bond acceptors (Lipinski definition) is 7. The van der Waals surface area contributed by atoms with Crippen LogP contribution in [0.2, 0.25) is 0 Å². The van der Waals surface area contributed by atoms with Crippen molar-refractivity contribution in [2.45, 2.75) is 13.2 Å². The summed E-state index contributed by atoms with van der Waals surface area (Å²) in [7, 11) is 3.15. The fourth-order valence-electron chi connectivity index (χ4n) is 3.50. The minimum atomic E-state index is -0.975. The number of ether oxygens (including phenoxy) is 3. The quantitative estimate of drug-likeness (QED) is 0.297. The molecular weight excluding hydrogens is 498 g/mol. The Kier molecular flexibility index (Phi) is 7.92. The Labute approximate surface area is 218 Å². The molecule has 184 valence electrons. The van der Waals surface area contributed by atoms with Gasteiger partial charge < -0.3 is 19.3 Å². The Morgan fingerprint density at radius 2 is 1.67 bits per heavy atom. The Morgan fingerprint density at radius 3 is 2.31 bits per heavy atom. The van der Waals surface area contributed by atoms with Gasteiger partial charge in [0, 0.05) is 0 Å². The average molecular weight is 522 g/mol. The SMILES string of the molecule is COc1ccc(CN2C(=O)C(=Cc3ccc(OCc4ccc(C(=O)O)cc4)c(OC)c3)SC2=S)cc1. The van der Waals surface area contributed by atoms with Gasteiger partial charge in [0.05, 0.1) is 31.2 Å². The molecule has 1 N–H and O–H groups in total. The Bertz CT molecular complexity index is 1320.